The zero-order valence-electron chi connectivity index (χ0n) is 10.5. The van der Waals surface area contributed by atoms with E-state index in [0.717, 1.165) is 34.9 Å². The molecule has 1 aromatic heterocycles. The van der Waals surface area contributed by atoms with Crippen molar-refractivity contribution >= 4 is 33.3 Å². The monoisotopic (exact) mass is 318 g/mol. The van der Waals surface area contributed by atoms with Gasteiger partial charge in [0.15, 0.2) is 0 Å². The molecule has 0 atom stereocenters. The summed E-state index contributed by atoms with van der Waals surface area (Å²) in [6.07, 6.45) is 4.12. The van der Waals surface area contributed by atoms with Crippen molar-refractivity contribution in [1.82, 2.24) is 9.97 Å². The van der Waals surface area contributed by atoms with E-state index in [1.807, 2.05) is 30.3 Å². The molecule has 2 heterocycles. The maximum absolute atomic E-state index is 4.35. The minimum atomic E-state index is 0.829. The van der Waals surface area contributed by atoms with Crippen molar-refractivity contribution in [3.05, 3.63) is 41.1 Å². The van der Waals surface area contributed by atoms with E-state index >= 15 is 0 Å². The van der Waals surface area contributed by atoms with Crippen LogP contribution < -0.4 is 10.2 Å². The van der Waals surface area contributed by atoms with Crippen molar-refractivity contribution in [2.75, 3.05) is 23.3 Å². The largest absolute Gasteiger partial charge is 0.356 e. The van der Waals surface area contributed by atoms with E-state index in [4.69, 9.17) is 0 Å². The number of anilines is 3. The minimum Gasteiger partial charge on any atom is -0.356 e. The van der Waals surface area contributed by atoms with Crippen LogP contribution in [0.5, 0.6) is 0 Å². The Balaban J connectivity index is 1.79. The molecule has 19 heavy (non-hydrogen) atoms. The molecule has 4 nitrogen and oxygen atoms in total. The summed E-state index contributed by atoms with van der Waals surface area (Å²) in [6, 6.07) is 10.0. The van der Waals surface area contributed by atoms with Crippen molar-refractivity contribution in [3.63, 3.8) is 0 Å². The van der Waals surface area contributed by atoms with Gasteiger partial charge in [-0.2, -0.15) is 0 Å². The van der Waals surface area contributed by atoms with Crippen LogP contribution >= 0.6 is 15.9 Å². The van der Waals surface area contributed by atoms with E-state index in [1.54, 1.807) is 6.33 Å². The van der Waals surface area contributed by atoms with Gasteiger partial charge >= 0.3 is 0 Å². The predicted octanol–water partition coefficient (Wildman–Crippen LogP) is 3.58. The molecule has 1 aliphatic rings. The van der Waals surface area contributed by atoms with Gasteiger partial charge in [-0.05, 0) is 31.0 Å². The molecule has 0 saturated carbocycles. The van der Waals surface area contributed by atoms with Crippen LogP contribution in [0.2, 0.25) is 0 Å². The molecule has 1 aromatic carbocycles. The summed E-state index contributed by atoms with van der Waals surface area (Å²) in [4.78, 5) is 10.9. The van der Waals surface area contributed by atoms with Gasteiger partial charge in [-0.25, -0.2) is 9.97 Å². The number of nitrogens with one attached hydrogen (secondary N) is 1. The Morgan fingerprint density at radius 2 is 1.95 bits per heavy atom. The lowest BCUT2D eigenvalue weighted by molar-refractivity contribution is 0.928. The molecule has 5 heteroatoms. The lowest BCUT2D eigenvalue weighted by Gasteiger charge is -2.16. The summed E-state index contributed by atoms with van der Waals surface area (Å²) >= 11 is 3.46. The summed E-state index contributed by atoms with van der Waals surface area (Å²) in [6.45, 7) is 2.18. The first-order valence-corrected chi connectivity index (χ1v) is 7.20. The number of benzene rings is 1. The van der Waals surface area contributed by atoms with Crippen molar-refractivity contribution in [3.8, 4) is 0 Å². The fourth-order valence-electron chi connectivity index (χ4n) is 2.25. The Bertz CT molecular complexity index is 567. The van der Waals surface area contributed by atoms with Crippen LogP contribution in [0.1, 0.15) is 12.8 Å². The van der Waals surface area contributed by atoms with Gasteiger partial charge in [0.25, 0.3) is 0 Å². The Morgan fingerprint density at radius 1 is 1.11 bits per heavy atom. The zero-order chi connectivity index (χ0) is 13.1. The molecule has 0 aliphatic carbocycles. The van der Waals surface area contributed by atoms with Crippen molar-refractivity contribution in [2.24, 2.45) is 0 Å². The average Bonchev–Trinajstić information content (AvgIpc) is 2.93. The molecular formula is C14H15BrN4. The van der Waals surface area contributed by atoms with Crippen LogP contribution in [0.4, 0.5) is 17.3 Å². The fraction of sp³-hybridized carbons (Fsp3) is 0.286. The van der Waals surface area contributed by atoms with Crippen molar-refractivity contribution in [1.29, 1.82) is 0 Å². The standard InChI is InChI=1S/C14H15BrN4/c15-11-4-3-5-12(8-11)18-13-9-14(17-10-16-13)19-6-1-2-7-19/h3-5,8-10H,1-2,6-7H2,(H,16,17,18). The molecule has 1 aliphatic heterocycles. The van der Waals surface area contributed by atoms with Crippen LogP contribution in [0.25, 0.3) is 0 Å². The molecule has 1 fully saturated rings. The first-order valence-electron chi connectivity index (χ1n) is 6.41. The lowest BCUT2D eigenvalue weighted by Crippen LogP contribution is -2.19. The minimum absolute atomic E-state index is 0.829. The van der Waals surface area contributed by atoms with Crippen molar-refractivity contribution < 1.29 is 0 Å². The number of hydrogen-bond donors (Lipinski definition) is 1. The second kappa shape index (κ2) is 5.57. The molecule has 1 saturated heterocycles. The second-order valence-corrected chi connectivity index (χ2v) is 5.51. The Labute approximate surface area is 121 Å². The fourth-order valence-corrected chi connectivity index (χ4v) is 2.65. The van der Waals surface area contributed by atoms with Crippen molar-refractivity contribution in [2.45, 2.75) is 12.8 Å². The first kappa shape index (κ1) is 12.4. The first-order chi connectivity index (χ1) is 9.31. The van der Waals surface area contributed by atoms with Gasteiger partial charge in [0.2, 0.25) is 0 Å². The SMILES string of the molecule is Brc1cccc(Nc2cc(N3CCCC3)ncn2)c1. The molecule has 98 valence electrons. The highest BCUT2D eigenvalue weighted by molar-refractivity contribution is 9.10. The third kappa shape index (κ3) is 3.04. The third-order valence-corrected chi connectivity index (χ3v) is 3.67. The van der Waals surface area contributed by atoms with Gasteiger partial charge in [-0.3, -0.25) is 0 Å². The lowest BCUT2D eigenvalue weighted by atomic mass is 10.3. The van der Waals surface area contributed by atoms with Gasteiger partial charge < -0.3 is 10.2 Å². The Hall–Kier alpha value is -1.62. The molecular weight excluding hydrogens is 304 g/mol. The van der Waals surface area contributed by atoms with Crippen LogP contribution in [-0.2, 0) is 0 Å². The Morgan fingerprint density at radius 3 is 2.74 bits per heavy atom. The number of rotatable bonds is 3. The van der Waals surface area contributed by atoms with Crippen LogP contribution in [0, 0.1) is 0 Å². The van der Waals surface area contributed by atoms with Gasteiger partial charge in [0.1, 0.15) is 18.0 Å². The zero-order valence-corrected chi connectivity index (χ0v) is 12.1. The maximum atomic E-state index is 4.35. The smallest absolute Gasteiger partial charge is 0.135 e. The van der Waals surface area contributed by atoms with E-state index in [2.05, 4.69) is 36.1 Å². The van der Waals surface area contributed by atoms with E-state index < -0.39 is 0 Å². The van der Waals surface area contributed by atoms with Gasteiger partial charge in [-0.1, -0.05) is 22.0 Å². The number of halogens is 1. The van der Waals surface area contributed by atoms with E-state index in [0.29, 0.717) is 0 Å². The third-order valence-electron chi connectivity index (χ3n) is 3.18. The van der Waals surface area contributed by atoms with Gasteiger partial charge in [0.05, 0.1) is 0 Å². The number of hydrogen-bond acceptors (Lipinski definition) is 4. The van der Waals surface area contributed by atoms with Crippen LogP contribution in [-0.4, -0.2) is 23.1 Å². The summed E-state index contributed by atoms with van der Waals surface area (Å²) in [7, 11) is 0. The highest BCUT2D eigenvalue weighted by Gasteiger charge is 2.13. The summed E-state index contributed by atoms with van der Waals surface area (Å²) < 4.78 is 1.05. The molecule has 0 amide bonds. The maximum Gasteiger partial charge on any atom is 0.135 e. The van der Waals surface area contributed by atoms with Crippen LogP contribution in [0.3, 0.4) is 0 Å². The highest BCUT2D eigenvalue weighted by Crippen LogP contribution is 2.23. The summed E-state index contributed by atoms with van der Waals surface area (Å²) in [5, 5.41) is 3.30. The molecule has 1 N–H and O–H groups in total. The summed E-state index contributed by atoms with van der Waals surface area (Å²) in [5.41, 5.74) is 1.01. The molecule has 0 unspecified atom stereocenters. The summed E-state index contributed by atoms with van der Waals surface area (Å²) in [5.74, 6) is 1.83. The quantitative estimate of drug-likeness (QED) is 0.939. The highest BCUT2D eigenvalue weighted by atomic mass is 79.9. The second-order valence-electron chi connectivity index (χ2n) is 4.59. The van der Waals surface area contributed by atoms with E-state index in [-0.39, 0.29) is 0 Å². The predicted molar refractivity (Wildman–Crippen MR) is 80.9 cm³/mol. The average molecular weight is 319 g/mol. The molecule has 3 rings (SSSR count). The normalized spacial score (nSPS) is 14.7. The topological polar surface area (TPSA) is 41.0 Å². The van der Waals surface area contributed by atoms with E-state index in [9.17, 15) is 0 Å². The molecule has 0 spiro atoms. The van der Waals surface area contributed by atoms with E-state index in [1.165, 1.54) is 12.8 Å². The molecule has 2 aromatic rings. The number of nitrogens with zero attached hydrogens (tertiary/aromatic N) is 3. The molecule has 0 bridgehead atoms. The number of aromatic nitrogens is 2. The molecule has 0 radical (unpaired) electrons. The van der Waals surface area contributed by atoms with Gasteiger partial charge in [-0.15, -0.1) is 0 Å². The van der Waals surface area contributed by atoms with Gasteiger partial charge in [0, 0.05) is 29.3 Å². The Kier molecular flexibility index (Phi) is 3.64. The van der Waals surface area contributed by atoms with Crippen LogP contribution in [0.15, 0.2) is 41.1 Å².